The van der Waals surface area contributed by atoms with Gasteiger partial charge in [-0.05, 0) is 45.6 Å². The molecule has 6 nitrogen and oxygen atoms in total. The molecule has 190 valence electrons. The van der Waals surface area contributed by atoms with E-state index in [2.05, 4.69) is 19.2 Å². The van der Waals surface area contributed by atoms with E-state index in [4.69, 9.17) is 14.2 Å². The third-order valence-electron chi connectivity index (χ3n) is 5.14. The average molecular weight is 499 g/mol. The van der Waals surface area contributed by atoms with Crippen LogP contribution in [0.5, 0.6) is 17.2 Å². The van der Waals surface area contributed by atoms with Crippen molar-refractivity contribution >= 4 is 17.2 Å². The largest absolute Gasteiger partial charge is 0.493 e. The maximum atomic E-state index is 13.2. The lowest BCUT2D eigenvalue weighted by molar-refractivity contribution is 0.286. The Morgan fingerprint density at radius 1 is 0.857 bits per heavy atom. The van der Waals surface area contributed by atoms with Crippen LogP contribution in [0.1, 0.15) is 53.9 Å². The van der Waals surface area contributed by atoms with Gasteiger partial charge >= 0.3 is 0 Å². The fraction of sp³-hybridized carbons (Fsp3) is 0.464. The highest BCUT2D eigenvalue weighted by molar-refractivity contribution is 7.11. The number of ether oxygens (including phenoxy) is 3. The monoisotopic (exact) mass is 498 g/mol. The second-order valence-corrected chi connectivity index (χ2v) is 10.4. The Kier molecular flexibility index (Phi) is 9.66. The summed E-state index contributed by atoms with van der Waals surface area (Å²) in [6.45, 7) is 12.7. The number of nitrogens with zero attached hydrogens (tertiary/aromatic N) is 1. The first-order valence-electron chi connectivity index (χ1n) is 12.4. The zero-order valence-corrected chi connectivity index (χ0v) is 22.4. The zero-order chi connectivity index (χ0) is 25.3. The summed E-state index contributed by atoms with van der Waals surface area (Å²) in [6.07, 6.45) is 2.61. The molecular weight excluding hydrogens is 460 g/mol. The van der Waals surface area contributed by atoms with E-state index >= 15 is 0 Å². The summed E-state index contributed by atoms with van der Waals surface area (Å²) in [7, 11) is 0. The van der Waals surface area contributed by atoms with E-state index in [9.17, 15) is 4.79 Å². The van der Waals surface area contributed by atoms with Gasteiger partial charge in [0.05, 0.1) is 30.2 Å². The third-order valence-corrected chi connectivity index (χ3v) is 6.66. The van der Waals surface area contributed by atoms with Gasteiger partial charge in [0, 0.05) is 24.7 Å². The first-order valence-corrected chi connectivity index (χ1v) is 13.2. The van der Waals surface area contributed by atoms with Crippen LogP contribution < -0.4 is 25.1 Å². The average Bonchev–Trinajstić information content (AvgIpc) is 3.18. The molecule has 0 saturated carbocycles. The number of hydrogen-bond donors (Lipinski definition) is 1. The van der Waals surface area contributed by atoms with Crippen molar-refractivity contribution in [2.75, 3.05) is 31.7 Å². The van der Waals surface area contributed by atoms with Gasteiger partial charge < -0.3 is 19.5 Å². The molecule has 0 amide bonds. The van der Waals surface area contributed by atoms with Crippen LogP contribution in [-0.4, -0.2) is 30.3 Å². The van der Waals surface area contributed by atoms with Crippen LogP contribution in [0.2, 0.25) is 0 Å². The van der Waals surface area contributed by atoms with Crippen molar-refractivity contribution < 1.29 is 14.2 Å². The number of benzene rings is 2. The molecule has 0 unspecified atom stereocenters. The van der Waals surface area contributed by atoms with Gasteiger partial charge in [-0.2, -0.15) is 0 Å². The van der Waals surface area contributed by atoms with Crippen molar-refractivity contribution in [3.63, 3.8) is 0 Å². The Balaban J connectivity index is 1.65. The standard InChI is InChI=1S/C28H38N2O4S/c1-6-15-32-22-18-23(33-16-7-2)20-24(19-22)34-17-11-14-29-25-26(21-12-9-8-10-13-21)35-30(27(25)31)28(3,4)5/h8-10,12-13,18-20,29H,6-7,11,14-17H2,1-5H3. The van der Waals surface area contributed by atoms with Crippen molar-refractivity contribution in [3.8, 4) is 27.7 Å². The maximum absolute atomic E-state index is 13.2. The van der Waals surface area contributed by atoms with E-state index in [1.807, 2.05) is 73.3 Å². The summed E-state index contributed by atoms with van der Waals surface area (Å²) in [5.74, 6) is 2.23. The third kappa shape index (κ3) is 7.52. The molecule has 0 radical (unpaired) electrons. The van der Waals surface area contributed by atoms with Crippen LogP contribution >= 0.6 is 11.5 Å². The minimum absolute atomic E-state index is 0.0146. The van der Waals surface area contributed by atoms with E-state index < -0.39 is 0 Å². The molecule has 7 heteroatoms. The summed E-state index contributed by atoms with van der Waals surface area (Å²) in [4.78, 5) is 14.2. The van der Waals surface area contributed by atoms with Gasteiger partial charge in [-0.3, -0.25) is 8.75 Å². The molecule has 0 bridgehead atoms. The Morgan fingerprint density at radius 3 is 1.91 bits per heavy atom. The SMILES string of the molecule is CCCOc1cc(OCCC)cc(OCCCNc2c(-c3ccccc3)sn(C(C)(C)C)c2=O)c1. The van der Waals surface area contributed by atoms with Gasteiger partial charge in [0.25, 0.3) is 5.56 Å². The molecule has 1 aromatic heterocycles. The number of aromatic nitrogens is 1. The normalized spacial score (nSPS) is 11.3. The predicted molar refractivity (Wildman–Crippen MR) is 146 cm³/mol. The van der Waals surface area contributed by atoms with Crippen LogP contribution in [0.15, 0.2) is 53.3 Å². The van der Waals surface area contributed by atoms with Crippen LogP contribution in [0.3, 0.4) is 0 Å². The van der Waals surface area contributed by atoms with Crippen molar-refractivity contribution in [3.05, 3.63) is 58.9 Å². The molecule has 0 aliphatic carbocycles. The highest BCUT2D eigenvalue weighted by Gasteiger charge is 2.23. The molecule has 0 aliphatic heterocycles. The molecule has 1 N–H and O–H groups in total. The smallest absolute Gasteiger partial charge is 0.285 e. The van der Waals surface area contributed by atoms with Crippen molar-refractivity contribution in [1.29, 1.82) is 0 Å². The number of nitrogens with one attached hydrogen (secondary N) is 1. The molecule has 0 fully saturated rings. The maximum Gasteiger partial charge on any atom is 0.285 e. The first-order chi connectivity index (χ1) is 16.8. The Bertz CT molecular complexity index is 1090. The van der Waals surface area contributed by atoms with Crippen LogP contribution in [0, 0.1) is 0 Å². The number of rotatable bonds is 13. The summed E-state index contributed by atoms with van der Waals surface area (Å²) in [5, 5.41) is 3.39. The predicted octanol–water partition coefficient (Wildman–Crippen LogP) is 6.79. The molecule has 1 heterocycles. The molecule has 35 heavy (non-hydrogen) atoms. The zero-order valence-electron chi connectivity index (χ0n) is 21.6. The quantitative estimate of drug-likeness (QED) is 0.263. The second-order valence-electron chi connectivity index (χ2n) is 9.40. The van der Waals surface area contributed by atoms with Gasteiger partial charge in [0.1, 0.15) is 22.9 Å². The van der Waals surface area contributed by atoms with E-state index in [0.717, 1.165) is 47.0 Å². The van der Waals surface area contributed by atoms with E-state index in [1.54, 1.807) is 0 Å². The van der Waals surface area contributed by atoms with Crippen LogP contribution in [-0.2, 0) is 5.54 Å². The van der Waals surface area contributed by atoms with Crippen LogP contribution in [0.25, 0.3) is 10.4 Å². The number of anilines is 1. The summed E-state index contributed by atoms with van der Waals surface area (Å²) < 4.78 is 19.4. The Labute approximate surface area is 213 Å². The molecule has 0 spiro atoms. The van der Waals surface area contributed by atoms with Crippen molar-refractivity contribution in [2.45, 2.75) is 59.4 Å². The second kappa shape index (κ2) is 12.7. The highest BCUT2D eigenvalue weighted by atomic mass is 32.1. The molecule has 0 atom stereocenters. The lowest BCUT2D eigenvalue weighted by Crippen LogP contribution is -2.30. The number of hydrogen-bond acceptors (Lipinski definition) is 6. The molecule has 0 saturated heterocycles. The molecule has 3 rings (SSSR count). The molecule has 3 aromatic rings. The first kappa shape index (κ1) is 26.7. The van der Waals surface area contributed by atoms with E-state index in [0.29, 0.717) is 32.1 Å². The Morgan fingerprint density at radius 2 is 1.40 bits per heavy atom. The fourth-order valence-corrected chi connectivity index (χ4v) is 4.60. The van der Waals surface area contributed by atoms with E-state index in [-0.39, 0.29) is 11.1 Å². The minimum Gasteiger partial charge on any atom is -0.493 e. The lowest BCUT2D eigenvalue weighted by atomic mass is 10.1. The topological polar surface area (TPSA) is 61.7 Å². The summed E-state index contributed by atoms with van der Waals surface area (Å²) in [5.41, 5.74) is 1.43. The lowest BCUT2D eigenvalue weighted by Gasteiger charge is -2.18. The van der Waals surface area contributed by atoms with Crippen molar-refractivity contribution in [1.82, 2.24) is 3.96 Å². The molecule has 2 aromatic carbocycles. The van der Waals surface area contributed by atoms with Crippen LogP contribution in [0.4, 0.5) is 5.69 Å². The fourth-order valence-electron chi connectivity index (χ4n) is 3.47. The van der Waals surface area contributed by atoms with Crippen molar-refractivity contribution in [2.24, 2.45) is 0 Å². The summed E-state index contributed by atoms with van der Waals surface area (Å²) in [6, 6.07) is 15.8. The van der Waals surface area contributed by atoms with Gasteiger partial charge in [-0.25, -0.2) is 0 Å². The molecular formula is C28H38N2O4S. The van der Waals surface area contributed by atoms with Gasteiger partial charge in [0.15, 0.2) is 0 Å². The minimum atomic E-state index is -0.281. The van der Waals surface area contributed by atoms with Gasteiger partial charge in [-0.1, -0.05) is 55.7 Å². The van der Waals surface area contributed by atoms with Gasteiger partial charge in [-0.15, -0.1) is 0 Å². The van der Waals surface area contributed by atoms with E-state index in [1.165, 1.54) is 11.5 Å². The van der Waals surface area contributed by atoms with Gasteiger partial charge in [0.2, 0.25) is 0 Å². The Hall–Kier alpha value is -2.93. The molecule has 0 aliphatic rings. The highest BCUT2D eigenvalue weighted by Crippen LogP contribution is 2.33. The summed E-state index contributed by atoms with van der Waals surface area (Å²) >= 11 is 1.51.